The van der Waals surface area contributed by atoms with Gasteiger partial charge in [-0.25, -0.2) is 0 Å². The largest absolute Gasteiger partial charge is 0 e. The predicted molar refractivity (Wildman–Crippen MR) is 121 cm³/mol. The van der Waals surface area contributed by atoms with E-state index in [1.54, 1.807) is 0 Å². The Bertz CT molecular complexity index is 822. The zero-order valence-corrected chi connectivity index (χ0v) is 20.4. The zero-order valence-electron chi connectivity index (χ0n) is 15.2. The third-order valence-electron chi connectivity index (χ3n) is 5.17. The van der Waals surface area contributed by atoms with Crippen LogP contribution in [0.4, 0.5) is 0 Å². The Morgan fingerprint density at radius 3 is 0.714 bits per heavy atom. The molecule has 0 radical (unpaired) electrons. The molecule has 0 saturated carbocycles. The van der Waals surface area contributed by atoms with Crippen LogP contribution >= 0.6 is 15.2 Å². The van der Waals surface area contributed by atoms with Gasteiger partial charge in [-0.05, 0) is 0 Å². The average molecular weight is 585 g/mol. The monoisotopic (exact) mass is 584 g/mol. The molecule has 0 bridgehead atoms. The van der Waals surface area contributed by atoms with Crippen LogP contribution in [0.25, 0.3) is 0 Å². The van der Waals surface area contributed by atoms with Crippen LogP contribution in [0.5, 0.6) is 0 Å². The van der Waals surface area contributed by atoms with Crippen molar-refractivity contribution in [2.75, 3.05) is 0 Å². The van der Waals surface area contributed by atoms with E-state index in [0.717, 1.165) is 0 Å². The number of benzene rings is 4. The summed E-state index contributed by atoms with van der Waals surface area (Å²) >= 11 is 0. The first-order chi connectivity index (χ1) is 12.7. The summed E-state index contributed by atoms with van der Waals surface area (Å²) in [6.07, 6.45) is -2.90. The van der Waals surface area contributed by atoms with E-state index in [1.165, 1.54) is 21.2 Å². The van der Waals surface area contributed by atoms with Crippen molar-refractivity contribution < 1.29 is 40.8 Å². The molecule has 0 fully saturated rings. The van der Waals surface area contributed by atoms with Crippen molar-refractivity contribution in [1.82, 2.24) is 0 Å². The van der Waals surface area contributed by atoms with E-state index >= 15 is 0 Å². The summed E-state index contributed by atoms with van der Waals surface area (Å²) in [4.78, 5) is 0. The molecular formula is C24H22P2Pd2. The Balaban J connectivity index is 0.00000140. The van der Waals surface area contributed by atoms with Crippen LogP contribution in [0, 0.1) is 0 Å². The van der Waals surface area contributed by atoms with Crippen LogP contribution in [0.3, 0.4) is 0 Å². The molecule has 0 saturated heterocycles. The quantitative estimate of drug-likeness (QED) is 0.242. The molecule has 1 atom stereocenters. The fourth-order valence-electron chi connectivity index (χ4n) is 3.85. The topological polar surface area (TPSA) is 0 Å². The summed E-state index contributed by atoms with van der Waals surface area (Å²) in [6, 6.07) is 43.8. The zero-order chi connectivity index (χ0) is 17.9. The van der Waals surface area contributed by atoms with Crippen LogP contribution in [0.15, 0.2) is 121 Å². The fourth-order valence-corrected chi connectivity index (χ4v) is 10.9. The standard InChI is InChI=1S/C24H22P2.2Pd/c25-26(21-13-5-1-6-14-21,22-15-7-2-8-16-22,23-17-9-3-10-18-23)24-19-11-4-12-20-24;;/h1-20H,25H2;;. The van der Waals surface area contributed by atoms with Crippen LogP contribution in [-0.2, 0) is 40.8 Å². The van der Waals surface area contributed by atoms with E-state index in [-0.39, 0.29) is 40.8 Å². The van der Waals surface area contributed by atoms with E-state index in [0.29, 0.717) is 0 Å². The van der Waals surface area contributed by atoms with Crippen molar-refractivity contribution in [3.63, 3.8) is 0 Å². The normalized spacial score (nSPS) is 12.0. The van der Waals surface area contributed by atoms with Gasteiger partial charge >= 0.3 is 158 Å². The second-order valence-electron chi connectivity index (χ2n) is 6.53. The molecule has 0 heterocycles. The molecule has 0 aromatic heterocycles. The molecule has 0 spiro atoms. The van der Waals surface area contributed by atoms with Crippen molar-refractivity contribution in [1.29, 1.82) is 0 Å². The van der Waals surface area contributed by atoms with Crippen LogP contribution in [0.2, 0.25) is 0 Å². The van der Waals surface area contributed by atoms with Gasteiger partial charge in [0.1, 0.15) is 0 Å². The minimum atomic E-state index is -2.90. The summed E-state index contributed by atoms with van der Waals surface area (Å²) in [5, 5.41) is 5.42. The molecule has 4 heteroatoms. The van der Waals surface area contributed by atoms with Gasteiger partial charge in [0.2, 0.25) is 0 Å². The number of rotatable bonds is 4. The average Bonchev–Trinajstić information content (AvgIpc) is 2.76. The van der Waals surface area contributed by atoms with E-state index < -0.39 is 6.29 Å². The molecule has 1 unspecified atom stereocenters. The van der Waals surface area contributed by atoms with Crippen LogP contribution < -0.4 is 21.2 Å². The van der Waals surface area contributed by atoms with Gasteiger partial charge < -0.3 is 0 Å². The van der Waals surface area contributed by atoms with Crippen molar-refractivity contribution in [3.05, 3.63) is 121 Å². The van der Waals surface area contributed by atoms with Gasteiger partial charge in [0.15, 0.2) is 0 Å². The fraction of sp³-hybridized carbons (Fsp3) is 0. The third-order valence-corrected chi connectivity index (χ3v) is 14.2. The van der Waals surface area contributed by atoms with Gasteiger partial charge in [-0.2, -0.15) is 0 Å². The number of hydrogen-bond acceptors (Lipinski definition) is 0. The molecule has 0 amide bonds. The van der Waals surface area contributed by atoms with Gasteiger partial charge in [-0.15, -0.1) is 0 Å². The van der Waals surface area contributed by atoms with Crippen molar-refractivity contribution >= 4 is 36.4 Å². The van der Waals surface area contributed by atoms with E-state index in [9.17, 15) is 0 Å². The summed E-state index contributed by atoms with van der Waals surface area (Å²) in [6.45, 7) is 0. The maximum absolute atomic E-state index is 3.36. The van der Waals surface area contributed by atoms with Gasteiger partial charge in [0, 0.05) is 40.8 Å². The molecule has 148 valence electrons. The first-order valence-electron chi connectivity index (χ1n) is 8.80. The Labute approximate surface area is 197 Å². The van der Waals surface area contributed by atoms with E-state index in [1.807, 2.05) is 0 Å². The Morgan fingerprint density at radius 2 is 0.536 bits per heavy atom. The van der Waals surface area contributed by atoms with Crippen LogP contribution in [-0.4, -0.2) is 0 Å². The molecule has 28 heavy (non-hydrogen) atoms. The maximum Gasteiger partial charge on any atom is 0 e. The van der Waals surface area contributed by atoms with E-state index in [2.05, 4.69) is 130 Å². The van der Waals surface area contributed by atoms with Gasteiger partial charge in [0.25, 0.3) is 0 Å². The first-order valence-corrected chi connectivity index (χ1v) is 12.6. The summed E-state index contributed by atoms with van der Waals surface area (Å²) in [7, 11) is 3.36. The minimum absolute atomic E-state index is 0. The predicted octanol–water partition coefficient (Wildman–Crippen LogP) is 4.63. The molecule has 4 rings (SSSR count). The number of hydrogen-bond donors (Lipinski definition) is 0. The van der Waals surface area contributed by atoms with Crippen molar-refractivity contribution in [2.24, 2.45) is 0 Å². The van der Waals surface area contributed by atoms with Crippen LogP contribution in [0.1, 0.15) is 0 Å². The molecule has 0 aliphatic rings. The second kappa shape index (κ2) is 9.71. The molecule has 4 aromatic rings. The van der Waals surface area contributed by atoms with E-state index in [4.69, 9.17) is 0 Å². The smallest absolute Gasteiger partial charge is 0 e. The second-order valence-corrected chi connectivity index (χ2v) is 14.1. The maximum atomic E-state index is 3.36. The van der Waals surface area contributed by atoms with Crippen molar-refractivity contribution in [2.45, 2.75) is 0 Å². The van der Waals surface area contributed by atoms with Gasteiger partial charge in [-0.1, -0.05) is 0 Å². The summed E-state index contributed by atoms with van der Waals surface area (Å²) in [5.41, 5.74) is 0. The Hall–Kier alpha value is -0.935. The summed E-state index contributed by atoms with van der Waals surface area (Å²) < 4.78 is 0. The Morgan fingerprint density at radius 1 is 0.357 bits per heavy atom. The first kappa shape index (κ1) is 23.3. The summed E-state index contributed by atoms with van der Waals surface area (Å²) in [5.74, 6) is 0. The molecule has 4 aromatic carbocycles. The molecule has 0 aliphatic heterocycles. The third kappa shape index (κ3) is 3.65. The van der Waals surface area contributed by atoms with Gasteiger partial charge in [-0.3, -0.25) is 0 Å². The molecule has 0 nitrogen and oxygen atoms in total. The molecular weight excluding hydrogens is 563 g/mol. The Kier molecular flexibility index (Phi) is 8.10. The molecule has 0 aliphatic carbocycles. The van der Waals surface area contributed by atoms with Crippen molar-refractivity contribution in [3.8, 4) is 0 Å². The SMILES string of the molecule is PP(c1ccccc1)(c1ccccc1)(c1ccccc1)c1ccccc1.[Pd].[Pd]. The minimum Gasteiger partial charge on any atom is 0 e. The van der Waals surface area contributed by atoms with Gasteiger partial charge in [0.05, 0.1) is 0 Å². The molecule has 0 N–H and O–H groups in total.